The summed E-state index contributed by atoms with van der Waals surface area (Å²) in [5.74, 6) is -0.241. The number of nitriles is 1. The molecular weight excluding hydrogens is 345 g/mol. The number of benzene rings is 1. The van der Waals surface area contributed by atoms with Gasteiger partial charge in [-0.2, -0.15) is 18.4 Å². The lowest BCUT2D eigenvalue weighted by atomic mass is 10.0. The van der Waals surface area contributed by atoms with E-state index in [1.807, 2.05) is 0 Å². The third-order valence-corrected chi connectivity index (χ3v) is 4.73. The molecule has 132 valence electrons. The Morgan fingerprint density at radius 1 is 1.46 bits per heavy atom. The third kappa shape index (κ3) is 4.85. The molecule has 1 unspecified atom stereocenters. The summed E-state index contributed by atoms with van der Waals surface area (Å²) < 4.78 is 67.3. The van der Waals surface area contributed by atoms with Gasteiger partial charge in [-0.3, -0.25) is 0 Å². The van der Waals surface area contributed by atoms with Crippen LogP contribution in [0, 0.1) is 17.2 Å². The van der Waals surface area contributed by atoms with E-state index < -0.39 is 33.2 Å². The van der Waals surface area contributed by atoms with Gasteiger partial charge in [0.2, 0.25) is 0 Å². The van der Waals surface area contributed by atoms with Crippen LogP contribution in [0.5, 0.6) is 5.75 Å². The second-order valence-electron chi connectivity index (χ2n) is 5.82. The first-order valence-corrected chi connectivity index (χ1v) is 9.32. The van der Waals surface area contributed by atoms with E-state index in [0.29, 0.717) is 13.0 Å². The zero-order valence-electron chi connectivity index (χ0n) is 12.9. The number of rotatable bonds is 5. The molecule has 1 aliphatic heterocycles. The second-order valence-corrected chi connectivity index (χ2v) is 8.00. The summed E-state index contributed by atoms with van der Waals surface area (Å²) in [6, 6.07) is 4.39. The summed E-state index contributed by atoms with van der Waals surface area (Å²) in [6.45, 7) is 1.30. The molecule has 1 aliphatic rings. The van der Waals surface area contributed by atoms with Crippen LogP contribution in [0.25, 0.3) is 0 Å². The van der Waals surface area contributed by atoms with Crippen molar-refractivity contribution in [2.75, 3.05) is 25.1 Å². The number of alkyl halides is 3. The number of ether oxygens (including phenoxy) is 1. The van der Waals surface area contributed by atoms with Crippen molar-refractivity contribution < 1.29 is 26.3 Å². The van der Waals surface area contributed by atoms with E-state index in [-0.39, 0.29) is 17.4 Å². The summed E-state index contributed by atoms with van der Waals surface area (Å²) in [4.78, 5) is 0. The Hall–Kier alpha value is -1.79. The van der Waals surface area contributed by atoms with E-state index in [9.17, 15) is 21.6 Å². The molecule has 0 aliphatic carbocycles. The molecule has 1 saturated heterocycles. The molecule has 1 N–H and O–H groups in total. The average Bonchev–Trinajstić information content (AvgIpc) is 2.98. The summed E-state index contributed by atoms with van der Waals surface area (Å²) in [7, 11) is -3.33. The van der Waals surface area contributed by atoms with Gasteiger partial charge in [-0.15, -0.1) is 0 Å². The Balaban J connectivity index is 2.27. The highest BCUT2D eigenvalue weighted by molar-refractivity contribution is 7.90. The fraction of sp³-hybridized carbons (Fsp3) is 0.533. The SMILES string of the molecule is CS(=O)(=O)C[C@@H](Oc1ccc(C(F)(F)F)c(C#N)c1)C1CCNC1. The van der Waals surface area contributed by atoms with Crippen molar-refractivity contribution in [2.24, 2.45) is 5.92 Å². The number of halogens is 3. The number of nitrogens with zero attached hydrogens (tertiary/aromatic N) is 1. The average molecular weight is 362 g/mol. The Kier molecular flexibility index (Phi) is 5.40. The topological polar surface area (TPSA) is 79.2 Å². The minimum Gasteiger partial charge on any atom is -0.489 e. The van der Waals surface area contributed by atoms with Gasteiger partial charge in [0.1, 0.15) is 11.9 Å². The summed E-state index contributed by atoms with van der Waals surface area (Å²) in [5, 5.41) is 12.0. The third-order valence-electron chi connectivity index (χ3n) is 3.80. The van der Waals surface area contributed by atoms with E-state index in [4.69, 9.17) is 10.00 Å². The molecule has 0 spiro atoms. The van der Waals surface area contributed by atoms with Crippen LogP contribution in [0.4, 0.5) is 13.2 Å². The molecule has 1 aromatic rings. The first-order valence-electron chi connectivity index (χ1n) is 7.26. The van der Waals surface area contributed by atoms with Crippen LogP contribution in [-0.4, -0.2) is 39.6 Å². The standard InChI is InChI=1S/C15H17F3N2O3S/c1-24(21,22)9-14(10-4-5-20-8-10)23-12-2-3-13(15(16,17)18)11(6-12)7-19/h2-3,6,10,14,20H,4-5,8-9H2,1H3/t10?,14-/m1/s1. The first kappa shape index (κ1) is 18.5. The smallest absolute Gasteiger partial charge is 0.417 e. The van der Waals surface area contributed by atoms with Crippen molar-refractivity contribution in [1.82, 2.24) is 5.32 Å². The van der Waals surface area contributed by atoms with Crippen molar-refractivity contribution in [3.05, 3.63) is 29.3 Å². The van der Waals surface area contributed by atoms with Crippen LogP contribution in [0.15, 0.2) is 18.2 Å². The van der Waals surface area contributed by atoms with E-state index in [2.05, 4.69) is 5.32 Å². The molecule has 0 saturated carbocycles. The number of hydrogen-bond acceptors (Lipinski definition) is 5. The molecule has 5 nitrogen and oxygen atoms in total. The highest BCUT2D eigenvalue weighted by Crippen LogP contribution is 2.34. The van der Waals surface area contributed by atoms with Crippen molar-refractivity contribution in [3.8, 4) is 11.8 Å². The highest BCUT2D eigenvalue weighted by Gasteiger charge is 2.34. The molecule has 1 aromatic carbocycles. The Labute approximate surface area is 138 Å². The van der Waals surface area contributed by atoms with Crippen molar-refractivity contribution >= 4 is 9.84 Å². The van der Waals surface area contributed by atoms with Crippen molar-refractivity contribution in [1.29, 1.82) is 5.26 Å². The van der Waals surface area contributed by atoms with Gasteiger partial charge in [0, 0.05) is 18.7 Å². The van der Waals surface area contributed by atoms with Gasteiger partial charge in [-0.05, 0) is 31.2 Å². The van der Waals surface area contributed by atoms with Crippen molar-refractivity contribution in [2.45, 2.75) is 18.7 Å². The lowest BCUT2D eigenvalue weighted by molar-refractivity contribution is -0.137. The monoisotopic (exact) mass is 362 g/mol. The fourth-order valence-corrected chi connectivity index (χ4v) is 3.61. The van der Waals surface area contributed by atoms with Gasteiger partial charge >= 0.3 is 6.18 Å². The maximum atomic E-state index is 12.8. The zero-order chi connectivity index (χ0) is 18.0. The Bertz CT molecular complexity index is 735. The molecule has 0 amide bonds. The molecule has 24 heavy (non-hydrogen) atoms. The quantitative estimate of drug-likeness (QED) is 0.866. The summed E-state index contributed by atoms with van der Waals surface area (Å²) in [5.41, 5.74) is -1.60. The van der Waals surface area contributed by atoms with Crippen molar-refractivity contribution in [3.63, 3.8) is 0 Å². The maximum absolute atomic E-state index is 12.8. The van der Waals surface area contributed by atoms with Gasteiger partial charge in [0.25, 0.3) is 0 Å². The van der Waals surface area contributed by atoms with Crippen LogP contribution < -0.4 is 10.1 Å². The lowest BCUT2D eigenvalue weighted by Crippen LogP contribution is -2.35. The van der Waals surface area contributed by atoms with Gasteiger partial charge in [-0.25, -0.2) is 8.42 Å². The Morgan fingerprint density at radius 3 is 2.67 bits per heavy atom. The number of hydrogen-bond donors (Lipinski definition) is 1. The second kappa shape index (κ2) is 6.99. The normalized spacial score (nSPS) is 19.7. The lowest BCUT2D eigenvalue weighted by Gasteiger charge is -2.24. The largest absolute Gasteiger partial charge is 0.489 e. The van der Waals surface area contributed by atoms with Crippen LogP contribution >= 0.6 is 0 Å². The van der Waals surface area contributed by atoms with E-state index in [1.54, 1.807) is 0 Å². The predicted molar refractivity (Wildman–Crippen MR) is 81.3 cm³/mol. The van der Waals surface area contributed by atoms with Gasteiger partial charge in [0.05, 0.1) is 22.9 Å². The molecule has 0 bridgehead atoms. The van der Waals surface area contributed by atoms with E-state index >= 15 is 0 Å². The fourth-order valence-electron chi connectivity index (χ4n) is 2.67. The number of sulfone groups is 1. The van der Waals surface area contributed by atoms with E-state index in [1.165, 1.54) is 6.07 Å². The molecular formula is C15H17F3N2O3S. The summed E-state index contributed by atoms with van der Waals surface area (Å²) in [6.07, 6.45) is -3.52. The predicted octanol–water partition coefficient (Wildman–Crippen LogP) is 1.98. The van der Waals surface area contributed by atoms with E-state index in [0.717, 1.165) is 31.0 Å². The molecule has 1 heterocycles. The molecule has 0 aromatic heterocycles. The molecule has 0 radical (unpaired) electrons. The minimum atomic E-state index is -4.63. The van der Waals surface area contributed by atoms with Gasteiger partial charge in [-0.1, -0.05) is 0 Å². The minimum absolute atomic E-state index is 0.0556. The Morgan fingerprint density at radius 2 is 2.17 bits per heavy atom. The summed E-state index contributed by atoms with van der Waals surface area (Å²) >= 11 is 0. The molecule has 1 fully saturated rings. The number of nitrogens with one attached hydrogen (secondary N) is 1. The van der Waals surface area contributed by atoms with Gasteiger partial charge < -0.3 is 10.1 Å². The van der Waals surface area contributed by atoms with Crippen LogP contribution in [0.3, 0.4) is 0 Å². The van der Waals surface area contributed by atoms with Crippen LogP contribution in [-0.2, 0) is 16.0 Å². The van der Waals surface area contributed by atoms with Crippen LogP contribution in [0.1, 0.15) is 17.5 Å². The molecule has 2 rings (SSSR count). The molecule has 9 heteroatoms. The first-order chi connectivity index (χ1) is 11.1. The molecule has 2 atom stereocenters. The zero-order valence-corrected chi connectivity index (χ0v) is 13.7. The highest BCUT2D eigenvalue weighted by atomic mass is 32.2. The maximum Gasteiger partial charge on any atom is 0.417 e. The van der Waals surface area contributed by atoms with Crippen LogP contribution in [0.2, 0.25) is 0 Å². The van der Waals surface area contributed by atoms with Gasteiger partial charge in [0.15, 0.2) is 9.84 Å².